The molecule has 5 rings (SSSR count). The molecule has 7 nitrogen and oxygen atoms in total. The Morgan fingerprint density at radius 1 is 1.19 bits per heavy atom. The first-order valence-electron chi connectivity index (χ1n) is 13.5. The van der Waals surface area contributed by atoms with Crippen molar-refractivity contribution >= 4 is 17.5 Å². The highest BCUT2D eigenvalue weighted by atomic mass is 16.3. The van der Waals surface area contributed by atoms with Gasteiger partial charge in [0.2, 0.25) is 5.91 Å². The standard InChI is InChI=1S/C30H36N4O3/c1-2-6-23(22-8-10-26(35)11-9-22)17-28(36)32-20-30-13-5-7-24(30)19-34(21-30)29(37)27-18-25(12-14-31-27)33-15-3-4-16-33/h8-12,14,18,23-24,35H,3-5,7,13,15-17,19-21H2,1H3,(H,32,36)/t23-,24-,30-/m0/s1. The van der Waals surface area contributed by atoms with Crippen molar-refractivity contribution in [3.05, 3.63) is 53.9 Å². The van der Waals surface area contributed by atoms with E-state index >= 15 is 0 Å². The lowest BCUT2D eigenvalue weighted by Crippen LogP contribution is -2.41. The molecule has 194 valence electrons. The number of rotatable bonds is 7. The Morgan fingerprint density at radius 3 is 2.73 bits per heavy atom. The number of phenols is 1. The number of likely N-dealkylation sites (tertiary alicyclic amines) is 1. The molecule has 37 heavy (non-hydrogen) atoms. The normalized spacial score (nSPS) is 23.3. The second-order valence-corrected chi connectivity index (χ2v) is 10.7. The van der Waals surface area contributed by atoms with Crippen LogP contribution >= 0.6 is 0 Å². The van der Waals surface area contributed by atoms with E-state index in [-0.39, 0.29) is 35.3 Å². The number of hydrogen-bond donors (Lipinski definition) is 2. The molecule has 2 aliphatic heterocycles. The monoisotopic (exact) mass is 500 g/mol. The van der Waals surface area contributed by atoms with Gasteiger partial charge in [-0.2, -0.15) is 0 Å². The van der Waals surface area contributed by atoms with Crippen LogP contribution in [0.15, 0.2) is 42.6 Å². The third kappa shape index (κ3) is 5.44. The fourth-order valence-electron chi connectivity index (χ4n) is 6.39. The Balaban J connectivity index is 1.22. The van der Waals surface area contributed by atoms with E-state index < -0.39 is 0 Å². The van der Waals surface area contributed by atoms with Gasteiger partial charge in [-0.1, -0.05) is 24.5 Å². The van der Waals surface area contributed by atoms with Gasteiger partial charge in [-0.05, 0) is 68.4 Å². The van der Waals surface area contributed by atoms with E-state index in [0.29, 0.717) is 24.7 Å². The molecular weight excluding hydrogens is 464 g/mol. The summed E-state index contributed by atoms with van der Waals surface area (Å²) in [5.74, 6) is 6.38. The van der Waals surface area contributed by atoms with Crippen molar-refractivity contribution in [3.63, 3.8) is 0 Å². The highest BCUT2D eigenvalue weighted by Crippen LogP contribution is 2.48. The lowest BCUT2D eigenvalue weighted by atomic mass is 9.80. The van der Waals surface area contributed by atoms with Crippen LogP contribution < -0.4 is 10.2 Å². The van der Waals surface area contributed by atoms with Gasteiger partial charge in [-0.25, -0.2) is 0 Å². The Morgan fingerprint density at radius 2 is 1.97 bits per heavy atom. The molecule has 2 N–H and O–H groups in total. The Hall–Kier alpha value is -3.53. The first-order valence-corrected chi connectivity index (χ1v) is 13.5. The lowest BCUT2D eigenvalue weighted by molar-refractivity contribution is -0.121. The topological polar surface area (TPSA) is 85.8 Å². The van der Waals surface area contributed by atoms with Crippen LogP contribution in [0.3, 0.4) is 0 Å². The first-order chi connectivity index (χ1) is 18.0. The number of benzene rings is 1. The molecule has 0 unspecified atom stereocenters. The minimum atomic E-state index is -0.224. The number of nitrogens with zero attached hydrogens (tertiary/aromatic N) is 3. The summed E-state index contributed by atoms with van der Waals surface area (Å²) in [4.78, 5) is 35.1. The van der Waals surface area contributed by atoms with E-state index in [4.69, 9.17) is 0 Å². The molecule has 3 atom stereocenters. The quantitative estimate of drug-likeness (QED) is 0.563. The molecule has 2 aromatic rings. The zero-order valence-corrected chi connectivity index (χ0v) is 21.6. The third-order valence-electron chi connectivity index (χ3n) is 8.40. The van der Waals surface area contributed by atoms with Gasteiger partial charge >= 0.3 is 0 Å². The number of fused-ring (bicyclic) bond motifs is 1. The van der Waals surface area contributed by atoms with Crippen LogP contribution in [0.1, 0.15) is 67.4 Å². The second kappa shape index (κ2) is 10.8. The molecule has 1 saturated carbocycles. The molecule has 0 radical (unpaired) electrons. The fourth-order valence-corrected chi connectivity index (χ4v) is 6.39. The van der Waals surface area contributed by atoms with Gasteiger partial charge in [-0.3, -0.25) is 14.6 Å². The summed E-state index contributed by atoms with van der Waals surface area (Å²) in [6.45, 7) is 5.79. The van der Waals surface area contributed by atoms with E-state index in [2.05, 4.69) is 27.0 Å². The van der Waals surface area contributed by atoms with Crippen LogP contribution in [0.25, 0.3) is 0 Å². The number of anilines is 1. The van der Waals surface area contributed by atoms with Gasteiger partial charge in [0.15, 0.2) is 0 Å². The molecule has 0 bridgehead atoms. The summed E-state index contributed by atoms with van der Waals surface area (Å²) >= 11 is 0. The molecule has 3 aliphatic rings. The van der Waals surface area contributed by atoms with Crippen LogP contribution in [-0.4, -0.2) is 59.5 Å². The maximum absolute atomic E-state index is 13.4. The number of phenolic OH excluding ortho intramolecular Hbond substituents is 1. The number of pyridine rings is 1. The molecule has 2 saturated heterocycles. The Labute approximate surface area is 219 Å². The minimum Gasteiger partial charge on any atom is -0.508 e. The molecule has 0 spiro atoms. The van der Waals surface area contributed by atoms with Crippen LogP contribution in [0, 0.1) is 23.2 Å². The average molecular weight is 501 g/mol. The predicted molar refractivity (Wildman–Crippen MR) is 143 cm³/mol. The second-order valence-electron chi connectivity index (χ2n) is 10.7. The van der Waals surface area contributed by atoms with Crippen molar-refractivity contribution in [3.8, 4) is 17.6 Å². The van der Waals surface area contributed by atoms with Crippen molar-refractivity contribution in [2.45, 2.75) is 51.4 Å². The summed E-state index contributed by atoms with van der Waals surface area (Å²) in [6, 6.07) is 10.8. The maximum atomic E-state index is 13.4. The van der Waals surface area contributed by atoms with Crippen molar-refractivity contribution in [1.82, 2.24) is 15.2 Å². The van der Waals surface area contributed by atoms with Gasteiger partial charge in [0.1, 0.15) is 11.4 Å². The molecule has 1 aromatic carbocycles. The maximum Gasteiger partial charge on any atom is 0.272 e. The Bertz CT molecular complexity index is 1200. The van der Waals surface area contributed by atoms with E-state index in [0.717, 1.165) is 50.1 Å². The van der Waals surface area contributed by atoms with E-state index in [1.165, 1.54) is 12.8 Å². The number of aromatic hydroxyl groups is 1. The summed E-state index contributed by atoms with van der Waals surface area (Å²) < 4.78 is 0. The number of carbonyl (C=O) groups excluding carboxylic acids is 2. The van der Waals surface area contributed by atoms with Gasteiger partial charge in [0, 0.05) is 56.4 Å². The first kappa shape index (κ1) is 25.1. The average Bonchev–Trinajstić information content (AvgIpc) is 3.64. The fraction of sp³-hybridized carbons (Fsp3) is 0.500. The van der Waals surface area contributed by atoms with Crippen LogP contribution in [0.4, 0.5) is 5.69 Å². The van der Waals surface area contributed by atoms with Crippen molar-refractivity contribution < 1.29 is 14.7 Å². The van der Waals surface area contributed by atoms with Gasteiger partial charge in [0.25, 0.3) is 5.91 Å². The van der Waals surface area contributed by atoms with Gasteiger partial charge in [-0.15, -0.1) is 5.92 Å². The number of aromatic nitrogens is 1. The summed E-state index contributed by atoms with van der Waals surface area (Å²) in [6.07, 6.45) is 7.61. The van der Waals surface area contributed by atoms with Crippen LogP contribution in [0.5, 0.6) is 5.75 Å². The largest absolute Gasteiger partial charge is 0.508 e. The highest BCUT2D eigenvalue weighted by molar-refractivity contribution is 5.93. The number of nitrogens with one attached hydrogen (secondary N) is 1. The minimum absolute atomic E-state index is 0.00763. The van der Waals surface area contributed by atoms with Gasteiger partial charge < -0.3 is 20.2 Å². The number of carbonyl (C=O) groups is 2. The third-order valence-corrected chi connectivity index (χ3v) is 8.40. The summed E-state index contributed by atoms with van der Waals surface area (Å²) in [5.41, 5.74) is 2.43. The van der Waals surface area contributed by atoms with Crippen molar-refractivity contribution in [2.24, 2.45) is 11.3 Å². The van der Waals surface area contributed by atoms with E-state index in [1.807, 2.05) is 29.2 Å². The van der Waals surface area contributed by atoms with E-state index in [9.17, 15) is 14.7 Å². The van der Waals surface area contributed by atoms with E-state index in [1.54, 1.807) is 25.3 Å². The summed E-state index contributed by atoms with van der Waals surface area (Å²) in [5, 5.41) is 12.8. The Kier molecular flexibility index (Phi) is 7.36. The number of amides is 2. The zero-order valence-electron chi connectivity index (χ0n) is 21.6. The molecule has 2 amide bonds. The predicted octanol–water partition coefficient (Wildman–Crippen LogP) is 3.94. The molecule has 1 aromatic heterocycles. The molecule has 3 fully saturated rings. The molecule has 7 heteroatoms. The van der Waals surface area contributed by atoms with Crippen molar-refractivity contribution in [1.29, 1.82) is 0 Å². The SMILES string of the molecule is CC#C[C@@H](CC(=O)NC[C@]12CCC[C@H]1CN(C(=O)c1cc(N3CCCC3)ccn1)C2)c1ccc(O)cc1. The van der Waals surface area contributed by atoms with Gasteiger partial charge in [0.05, 0.1) is 5.92 Å². The lowest BCUT2D eigenvalue weighted by Gasteiger charge is -2.29. The molecule has 1 aliphatic carbocycles. The summed E-state index contributed by atoms with van der Waals surface area (Å²) in [7, 11) is 0. The number of hydrogen-bond acceptors (Lipinski definition) is 5. The molecular formula is C30H36N4O3. The molecule has 3 heterocycles. The zero-order chi connectivity index (χ0) is 25.8. The highest BCUT2D eigenvalue weighted by Gasteiger charge is 2.50. The smallest absolute Gasteiger partial charge is 0.272 e. The van der Waals surface area contributed by atoms with Crippen LogP contribution in [-0.2, 0) is 4.79 Å². The van der Waals surface area contributed by atoms with Crippen molar-refractivity contribution in [2.75, 3.05) is 37.6 Å². The van der Waals surface area contributed by atoms with Crippen LogP contribution in [0.2, 0.25) is 0 Å².